The van der Waals surface area contributed by atoms with Crippen LogP contribution in [0.1, 0.15) is 28.6 Å². The summed E-state index contributed by atoms with van der Waals surface area (Å²) in [5, 5.41) is 25.2. The van der Waals surface area contributed by atoms with Gasteiger partial charge in [0.15, 0.2) is 5.82 Å². The summed E-state index contributed by atoms with van der Waals surface area (Å²) in [7, 11) is 0. The standard InChI is InChI=1S/C22H19N7O2/c1-2-14-10-16(12-18(30)11-14)19(26-17-6-4-15(13-23)5-7-17)20-27-22(31)29(28-20)21-24-8-3-9-25-21/h2-13,19,23,26,30H,1H2,(H,27,28,31). The number of aromatic hydroxyl groups is 1. The Balaban J connectivity index is 1.80. The van der Waals surface area contributed by atoms with Crippen LogP contribution >= 0.6 is 0 Å². The first-order valence-electron chi connectivity index (χ1n) is 9.37. The summed E-state index contributed by atoms with van der Waals surface area (Å²) in [5.41, 5.74) is 2.39. The van der Waals surface area contributed by atoms with E-state index in [4.69, 9.17) is 5.41 Å². The molecule has 9 nitrogen and oxygen atoms in total. The molecule has 0 saturated heterocycles. The van der Waals surface area contributed by atoms with E-state index in [-0.39, 0.29) is 11.7 Å². The van der Waals surface area contributed by atoms with Gasteiger partial charge in [-0.2, -0.15) is 0 Å². The lowest BCUT2D eigenvalue weighted by atomic mass is 10.0. The Hall–Kier alpha value is -4.53. The van der Waals surface area contributed by atoms with Gasteiger partial charge in [-0.3, -0.25) is 4.98 Å². The average molecular weight is 413 g/mol. The van der Waals surface area contributed by atoms with E-state index in [0.717, 1.165) is 15.9 Å². The van der Waals surface area contributed by atoms with Crippen LogP contribution in [-0.4, -0.2) is 36.1 Å². The number of benzene rings is 2. The minimum atomic E-state index is -0.603. The largest absolute Gasteiger partial charge is 0.508 e. The number of rotatable bonds is 7. The summed E-state index contributed by atoms with van der Waals surface area (Å²) >= 11 is 0. The Morgan fingerprint density at radius 3 is 2.55 bits per heavy atom. The molecule has 0 radical (unpaired) electrons. The first-order chi connectivity index (χ1) is 15.1. The van der Waals surface area contributed by atoms with Crippen LogP contribution in [0.15, 0.2) is 72.3 Å². The van der Waals surface area contributed by atoms with Crippen molar-refractivity contribution >= 4 is 18.0 Å². The topological polar surface area (TPSA) is 133 Å². The monoisotopic (exact) mass is 413 g/mol. The van der Waals surface area contributed by atoms with E-state index in [1.807, 2.05) is 18.2 Å². The molecule has 0 amide bonds. The van der Waals surface area contributed by atoms with E-state index in [1.54, 1.807) is 36.4 Å². The number of nitrogens with one attached hydrogen (secondary N) is 3. The molecule has 0 aliphatic carbocycles. The molecular weight excluding hydrogens is 394 g/mol. The number of aromatic nitrogens is 5. The zero-order valence-electron chi connectivity index (χ0n) is 16.4. The van der Waals surface area contributed by atoms with Crippen molar-refractivity contribution < 1.29 is 5.11 Å². The summed E-state index contributed by atoms with van der Waals surface area (Å²) in [4.78, 5) is 23.4. The van der Waals surface area contributed by atoms with Gasteiger partial charge in [-0.05, 0) is 53.1 Å². The third-order valence-electron chi connectivity index (χ3n) is 4.57. The molecule has 0 spiro atoms. The van der Waals surface area contributed by atoms with Crippen molar-refractivity contribution in [2.45, 2.75) is 6.04 Å². The highest BCUT2D eigenvalue weighted by Gasteiger charge is 2.22. The fraction of sp³-hybridized carbons (Fsp3) is 0.0455. The van der Waals surface area contributed by atoms with Crippen molar-refractivity contribution in [3.63, 3.8) is 0 Å². The van der Waals surface area contributed by atoms with Crippen LogP contribution in [0.5, 0.6) is 5.75 Å². The van der Waals surface area contributed by atoms with Crippen molar-refractivity contribution in [1.82, 2.24) is 24.7 Å². The van der Waals surface area contributed by atoms with Crippen LogP contribution < -0.4 is 11.0 Å². The lowest BCUT2D eigenvalue weighted by Gasteiger charge is -2.19. The molecule has 31 heavy (non-hydrogen) atoms. The average Bonchev–Trinajstić information content (AvgIpc) is 3.19. The smallest absolute Gasteiger partial charge is 0.350 e. The maximum absolute atomic E-state index is 12.5. The predicted octanol–water partition coefficient (Wildman–Crippen LogP) is 2.90. The molecule has 1 atom stereocenters. The molecule has 4 aromatic rings. The van der Waals surface area contributed by atoms with Gasteiger partial charge in [0.1, 0.15) is 11.8 Å². The van der Waals surface area contributed by atoms with Gasteiger partial charge in [-0.1, -0.05) is 24.8 Å². The van der Waals surface area contributed by atoms with E-state index >= 15 is 0 Å². The molecule has 0 saturated carbocycles. The third kappa shape index (κ3) is 4.25. The number of phenolic OH excluding ortho intramolecular Hbond substituents is 1. The Bertz CT molecular complexity index is 1280. The van der Waals surface area contributed by atoms with Crippen LogP contribution in [0.2, 0.25) is 0 Å². The molecule has 0 aliphatic heterocycles. The number of hydrogen-bond acceptors (Lipinski definition) is 7. The molecule has 2 aromatic carbocycles. The quantitative estimate of drug-likeness (QED) is 0.344. The fourth-order valence-electron chi connectivity index (χ4n) is 3.10. The predicted molar refractivity (Wildman–Crippen MR) is 118 cm³/mol. The molecule has 4 N–H and O–H groups in total. The molecule has 9 heteroatoms. The number of H-pyrrole nitrogens is 1. The second-order valence-electron chi connectivity index (χ2n) is 6.68. The van der Waals surface area contributed by atoms with E-state index in [0.29, 0.717) is 17.0 Å². The molecule has 2 aromatic heterocycles. The van der Waals surface area contributed by atoms with Gasteiger partial charge < -0.3 is 15.8 Å². The summed E-state index contributed by atoms with van der Waals surface area (Å²) in [6.07, 6.45) is 5.93. The van der Waals surface area contributed by atoms with Crippen molar-refractivity contribution in [2.24, 2.45) is 0 Å². The highest BCUT2D eigenvalue weighted by atomic mass is 16.3. The summed E-state index contributed by atoms with van der Waals surface area (Å²) in [6, 6.07) is 13.3. The minimum Gasteiger partial charge on any atom is -0.508 e. The van der Waals surface area contributed by atoms with Gasteiger partial charge in [0.2, 0.25) is 0 Å². The molecule has 4 rings (SSSR count). The van der Waals surface area contributed by atoms with Crippen molar-refractivity contribution in [3.8, 4) is 11.7 Å². The maximum Gasteiger partial charge on any atom is 0.350 e. The zero-order chi connectivity index (χ0) is 21.8. The lowest BCUT2D eigenvalue weighted by molar-refractivity contribution is 0.474. The number of hydrogen-bond donors (Lipinski definition) is 4. The second kappa shape index (κ2) is 8.46. The highest BCUT2D eigenvalue weighted by molar-refractivity contribution is 5.77. The van der Waals surface area contributed by atoms with Gasteiger partial charge in [-0.15, -0.1) is 9.78 Å². The SMILES string of the molecule is C=Cc1cc(O)cc(C(Nc2ccc(C=N)cc2)c2nn(-c3ncccn3)c(=O)[nH]2)c1. The second-order valence-corrected chi connectivity index (χ2v) is 6.68. The van der Waals surface area contributed by atoms with E-state index in [9.17, 15) is 9.90 Å². The Kier molecular flexibility index (Phi) is 5.39. The number of phenols is 1. The molecule has 0 aliphatic rings. The van der Waals surface area contributed by atoms with Gasteiger partial charge in [0, 0.05) is 24.3 Å². The summed E-state index contributed by atoms with van der Waals surface area (Å²) < 4.78 is 1.08. The zero-order valence-corrected chi connectivity index (χ0v) is 16.4. The van der Waals surface area contributed by atoms with Gasteiger partial charge in [-0.25, -0.2) is 14.8 Å². The van der Waals surface area contributed by atoms with Crippen molar-refractivity contribution in [1.29, 1.82) is 5.41 Å². The van der Waals surface area contributed by atoms with Crippen LogP contribution in [0.25, 0.3) is 12.0 Å². The number of nitrogens with zero attached hydrogens (tertiary/aromatic N) is 4. The Labute approximate surface area is 177 Å². The maximum atomic E-state index is 12.5. The van der Waals surface area contributed by atoms with Crippen molar-refractivity contribution in [3.05, 3.63) is 101 Å². The first kappa shape index (κ1) is 19.8. The highest BCUT2D eigenvalue weighted by Crippen LogP contribution is 2.28. The Morgan fingerprint density at radius 2 is 1.87 bits per heavy atom. The van der Waals surface area contributed by atoms with Crippen molar-refractivity contribution in [2.75, 3.05) is 5.32 Å². The lowest BCUT2D eigenvalue weighted by Crippen LogP contribution is -2.18. The first-order valence-corrected chi connectivity index (χ1v) is 9.37. The van der Waals surface area contributed by atoms with Crippen LogP contribution in [0.3, 0.4) is 0 Å². The molecule has 2 heterocycles. The molecule has 1 unspecified atom stereocenters. The van der Waals surface area contributed by atoms with Crippen LogP contribution in [0, 0.1) is 5.41 Å². The minimum absolute atomic E-state index is 0.0616. The summed E-state index contributed by atoms with van der Waals surface area (Å²) in [5.74, 6) is 0.521. The van der Waals surface area contributed by atoms with Crippen LogP contribution in [0.4, 0.5) is 5.69 Å². The molecule has 0 fully saturated rings. The molecule has 0 bridgehead atoms. The van der Waals surface area contributed by atoms with E-state index in [2.05, 4.69) is 31.9 Å². The van der Waals surface area contributed by atoms with Crippen LogP contribution in [-0.2, 0) is 0 Å². The Morgan fingerprint density at radius 1 is 1.13 bits per heavy atom. The van der Waals surface area contributed by atoms with E-state index < -0.39 is 11.7 Å². The van der Waals surface area contributed by atoms with Gasteiger partial charge >= 0.3 is 5.69 Å². The summed E-state index contributed by atoms with van der Waals surface area (Å²) in [6.45, 7) is 3.76. The van der Waals surface area contributed by atoms with Gasteiger partial charge in [0.25, 0.3) is 5.95 Å². The molecule has 154 valence electrons. The normalized spacial score (nSPS) is 11.6. The number of aromatic amines is 1. The van der Waals surface area contributed by atoms with Gasteiger partial charge in [0.05, 0.1) is 0 Å². The third-order valence-corrected chi connectivity index (χ3v) is 4.57. The van der Waals surface area contributed by atoms with E-state index in [1.165, 1.54) is 18.6 Å². The fourth-order valence-corrected chi connectivity index (χ4v) is 3.10. The molecular formula is C22H19N7O2. The number of anilines is 1.